The van der Waals surface area contributed by atoms with Gasteiger partial charge in [0.2, 0.25) is 6.43 Å². The van der Waals surface area contributed by atoms with Crippen molar-refractivity contribution in [1.29, 1.82) is 0 Å². The molecule has 0 radical (unpaired) electrons. The van der Waals surface area contributed by atoms with Crippen molar-refractivity contribution >= 4 is 10.8 Å². The first kappa shape index (κ1) is 14.0. The molecular weight excluding hydrogens is 242 g/mol. The molecule has 2 rings (SSSR count). The van der Waals surface area contributed by atoms with Crippen molar-refractivity contribution in [1.82, 2.24) is 0 Å². The normalized spacial score (nSPS) is 11.3. The van der Waals surface area contributed by atoms with Crippen LogP contribution in [0.1, 0.15) is 37.7 Å². The first-order valence-corrected chi connectivity index (χ1v) is 7.01. The van der Waals surface area contributed by atoms with Crippen molar-refractivity contribution in [2.45, 2.75) is 45.0 Å². The molecule has 0 bridgehead atoms. The largest absolute Gasteiger partial charge is 0.238 e. The van der Waals surface area contributed by atoms with Gasteiger partial charge in [0.05, 0.1) is 0 Å². The number of benzene rings is 2. The molecule has 0 unspecified atom stereocenters. The maximum atomic E-state index is 12.0. The summed E-state index contributed by atoms with van der Waals surface area (Å²) >= 11 is 0. The summed E-state index contributed by atoms with van der Waals surface area (Å²) < 4.78 is 23.9. The van der Waals surface area contributed by atoms with Gasteiger partial charge in [-0.05, 0) is 35.6 Å². The Morgan fingerprint density at radius 3 is 2.32 bits per heavy atom. The van der Waals surface area contributed by atoms with Crippen molar-refractivity contribution in [2.75, 3.05) is 0 Å². The van der Waals surface area contributed by atoms with Crippen molar-refractivity contribution in [3.63, 3.8) is 0 Å². The predicted octanol–water partition coefficient (Wildman–Crippen LogP) is 5.60. The van der Waals surface area contributed by atoms with E-state index in [2.05, 4.69) is 36.4 Å². The lowest BCUT2D eigenvalue weighted by Gasteiger charge is -2.04. The minimum Gasteiger partial charge on any atom is -0.211 e. The van der Waals surface area contributed by atoms with E-state index >= 15 is 0 Å². The fourth-order valence-electron chi connectivity index (χ4n) is 2.38. The van der Waals surface area contributed by atoms with Gasteiger partial charge in [0, 0.05) is 6.42 Å². The number of hydrogen-bond acceptors (Lipinski definition) is 0. The summed E-state index contributed by atoms with van der Waals surface area (Å²) in [6, 6.07) is 14.9. The maximum absolute atomic E-state index is 12.0. The Morgan fingerprint density at radius 2 is 1.53 bits per heavy atom. The van der Waals surface area contributed by atoms with Crippen LogP contribution in [0.15, 0.2) is 42.5 Å². The molecule has 0 nitrogen and oxygen atoms in total. The summed E-state index contributed by atoms with van der Waals surface area (Å²) in [7, 11) is 0. The average molecular weight is 262 g/mol. The Bertz CT molecular complexity index is 505. The van der Waals surface area contributed by atoms with E-state index in [1.807, 2.05) is 6.07 Å². The van der Waals surface area contributed by atoms with Crippen LogP contribution in [-0.2, 0) is 6.42 Å². The Hall–Kier alpha value is -1.44. The van der Waals surface area contributed by atoms with Gasteiger partial charge in [-0.15, -0.1) is 0 Å². The molecule has 102 valence electrons. The first-order valence-electron chi connectivity index (χ1n) is 7.01. The molecule has 0 heterocycles. The van der Waals surface area contributed by atoms with Crippen molar-refractivity contribution in [3.8, 4) is 0 Å². The van der Waals surface area contributed by atoms with Crippen LogP contribution in [0.4, 0.5) is 8.78 Å². The molecule has 2 heteroatoms. The van der Waals surface area contributed by atoms with Crippen LogP contribution in [0.2, 0.25) is 0 Å². The first-order chi connectivity index (χ1) is 9.25. The summed E-state index contributed by atoms with van der Waals surface area (Å²) in [5.41, 5.74) is 1.34. The lowest BCUT2D eigenvalue weighted by atomic mass is 10.0. The lowest BCUT2D eigenvalue weighted by molar-refractivity contribution is 0.133. The van der Waals surface area contributed by atoms with E-state index in [4.69, 9.17) is 0 Å². The molecular formula is C17H20F2. The van der Waals surface area contributed by atoms with Crippen LogP contribution in [0, 0.1) is 0 Å². The highest BCUT2D eigenvalue weighted by Crippen LogP contribution is 2.17. The van der Waals surface area contributed by atoms with E-state index in [9.17, 15) is 8.78 Å². The van der Waals surface area contributed by atoms with Crippen LogP contribution in [0.5, 0.6) is 0 Å². The molecule has 0 N–H and O–H groups in total. The number of fused-ring (bicyclic) bond motifs is 1. The van der Waals surface area contributed by atoms with E-state index in [1.165, 1.54) is 16.3 Å². The Labute approximate surface area is 113 Å². The molecule has 0 saturated carbocycles. The minimum absolute atomic E-state index is 0.0516. The van der Waals surface area contributed by atoms with Crippen LogP contribution in [0.25, 0.3) is 10.8 Å². The predicted molar refractivity (Wildman–Crippen MR) is 76.7 cm³/mol. The lowest BCUT2D eigenvalue weighted by Crippen LogP contribution is -1.91. The third-order valence-electron chi connectivity index (χ3n) is 3.45. The summed E-state index contributed by atoms with van der Waals surface area (Å²) in [5, 5.41) is 2.54. The number of rotatable bonds is 7. The zero-order chi connectivity index (χ0) is 13.5. The van der Waals surface area contributed by atoms with Crippen molar-refractivity contribution in [2.24, 2.45) is 0 Å². The highest BCUT2D eigenvalue weighted by molar-refractivity contribution is 5.82. The van der Waals surface area contributed by atoms with Crippen LogP contribution in [-0.4, -0.2) is 6.43 Å². The number of aryl methyl sites for hydroxylation is 1. The highest BCUT2D eigenvalue weighted by atomic mass is 19.3. The quantitative estimate of drug-likeness (QED) is 0.570. The molecule has 0 aromatic heterocycles. The van der Waals surface area contributed by atoms with E-state index in [0.29, 0.717) is 6.42 Å². The molecule has 19 heavy (non-hydrogen) atoms. The van der Waals surface area contributed by atoms with Crippen molar-refractivity contribution < 1.29 is 8.78 Å². The van der Waals surface area contributed by atoms with Gasteiger partial charge < -0.3 is 0 Å². The average Bonchev–Trinajstić information content (AvgIpc) is 2.42. The molecule has 0 aliphatic rings. The van der Waals surface area contributed by atoms with Gasteiger partial charge in [0.25, 0.3) is 0 Å². The second-order valence-corrected chi connectivity index (χ2v) is 5.03. The summed E-state index contributed by atoms with van der Waals surface area (Å²) in [6.07, 6.45) is 2.64. The molecule has 2 aromatic rings. The second-order valence-electron chi connectivity index (χ2n) is 5.03. The monoisotopic (exact) mass is 262 g/mol. The van der Waals surface area contributed by atoms with Gasteiger partial charge in [-0.25, -0.2) is 8.78 Å². The summed E-state index contributed by atoms with van der Waals surface area (Å²) in [4.78, 5) is 0. The third kappa shape index (κ3) is 4.62. The highest BCUT2D eigenvalue weighted by Gasteiger charge is 2.01. The van der Waals surface area contributed by atoms with Gasteiger partial charge in [-0.2, -0.15) is 0 Å². The summed E-state index contributed by atoms with van der Waals surface area (Å²) in [6.45, 7) is 0. The molecule has 2 aromatic carbocycles. The van der Waals surface area contributed by atoms with Crippen LogP contribution >= 0.6 is 0 Å². The number of halogens is 2. The fourth-order valence-corrected chi connectivity index (χ4v) is 2.38. The van der Waals surface area contributed by atoms with E-state index in [1.54, 1.807) is 0 Å². The Morgan fingerprint density at radius 1 is 0.789 bits per heavy atom. The van der Waals surface area contributed by atoms with Crippen LogP contribution in [0.3, 0.4) is 0 Å². The molecule has 0 atom stereocenters. The third-order valence-corrected chi connectivity index (χ3v) is 3.45. The zero-order valence-corrected chi connectivity index (χ0v) is 11.1. The van der Waals surface area contributed by atoms with E-state index < -0.39 is 6.43 Å². The number of unbranched alkanes of at least 4 members (excludes halogenated alkanes) is 3. The van der Waals surface area contributed by atoms with Crippen LogP contribution < -0.4 is 0 Å². The zero-order valence-electron chi connectivity index (χ0n) is 11.1. The van der Waals surface area contributed by atoms with Gasteiger partial charge in [-0.3, -0.25) is 0 Å². The van der Waals surface area contributed by atoms with Crippen molar-refractivity contribution in [3.05, 3.63) is 48.0 Å². The minimum atomic E-state index is -2.14. The summed E-state index contributed by atoms with van der Waals surface area (Å²) in [5.74, 6) is 0. The van der Waals surface area contributed by atoms with Gasteiger partial charge in [0.1, 0.15) is 0 Å². The standard InChI is InChI=1S/C17H20F2/c18-17(19)10-4-2-1-3-7-14-11-12-15-8-5-6-9-16(15)13-14/h5-6,8-9,11-13,17H,1-4,7,10H2. The molecule has 0 saturated heterocycles. The van der Waals surface area contributed by atoms with E-state index in [0.717, 1.165) is 25.7 Å². The van der Waals surface area contributed by atoms with Gasteiger partial charge >= 0.3 is 0 Å². The van der Waals surface area contributed by atoms with Gasteiger partial charge in [-0.1, -0.05) is 55.3 Å². The Balaban J connectivity index is 1.75. The topological polar surface area (TPSA) is 0 Å². The number of alkyl halides is 2. The maximum Gasteiger partial charge on any atom is 0.238 e. The molecule has 0 spiro atoms. The van der Waals surface area contributed by atoms with E-state index in [-0.39, 0.29) is 6.42 Å². The Kier molecular flexibility index (Phi) is 5.31. The van der Waals surface area contributed by atoms with Gasteiger partial charge in [0.15, 0.2) is 0 Å². The SMILES string of the molecule is FC(F)CCCCCCc1ccc2ccccc2c1. The fraction of sp³-hybridized carbons (Fsp3) is 0.412. The molecule has 0 amide bonds. The second kappa shape index (κ2) is 7.22. The number of hydrogen-bond donors (Lipinski definition) is 0. The molecule has 0 aliphatic heterocycles. The smallest absolute Gasteiger partial charge is 0.211 e. The molecule has 0 aliphatic carbocycles. The molecule has 0 fully saturated rings.